The first kappa shape index (κ1) is 19.5. The molecular weight excluding hydrogens is 364 g/mol. The average Bonchev–Trinajstić information content (AvgIpc) is 2.61. The minimum absolute atomic E-state index is 0.128. The van der Waals surface area contributed by atoms with Gasteiger partial charge in [-0.15, -0.1) is 0 Å². The molecule has 0 radical (unpaired) electrons. The third kappa shape index (κ3) is 4.55. The van der Waals surface area contributed by atoms with Gasteiger partial charge in [-0.05, 0) is 68.3 Å². The van der Waals surface area contributed by atoms with E-state index in [2.05, 4.69) is 5.32 Å². The summed E-state index contributed by atoms with van der Waals surface area (Å²) in [5.74, 6) is -0.274. The van der Waals surface area contributed by atoms with Gasteiger partial charge in [0.1, 0.15) is 0 Å². The Balaban J connectivity index is 1.75. The highest BCUT2D eigenvalue weighted by molar-refractivity contribution is 7.89. The minimum atomic E-state index is -3.59. The highest BCUT2D eigenvalue weighted by atomic mass is 32.2. The van der Waals surface area contributed by atoms with Crippen molar-refractivity contribution in [3.63, 3.8) is 0 Å². The number of amides is 1. The summed E-state index contributed by atoms with van der Waals surface area (Å²) in [4.78, 5) is 12.6. The monoisotopic (exact) mass is 388 g/mol. The van der Waals surface area contributed by atoms with E-state index in [1.807, 2.05) is 39.0 Å². The topological polar surface area (TPSA) is 75.7 Å². The lowest BCUT2D eigenvalue weighted by atomic mass is 10.1. The summed E-state index contributed by atoms with van der Waals surface area (Å²) in [6, 6.07) is 11.8. The molecule has 1 unspecified atom stereocenters. The van der Waals surface area contributed by atoms with Crippen LogP contribution >= 0.6 is 0 Å². The first-order valence-electron chi connectivity index (χ1n) is 8.87. The van der Waals surface area contributed by atoms with E-state index in [1.165, 1.54) is 28.6 Å². The van der Waals surface area contributed by atoms with Crippen LogP contribution < -0.4 is 5.32 Å². The molecule has 2 aromatic carbocycles. The molecule has 1 aliphatic rings. The standard InChI is InChI=1S/C20H24N2O4S/c1-14-10-15(2)12-18(11-14)21-20(23)17-4-6-19(7-5-17)27(24,25)22-8-9-26-16(3)13-22/h4-7,10-12,16H,8-9,13H2,1-3H3,(H,21,23). The maximum Gasteiger partial charge on any atom is 0.255 e. The zero-order valence-corrected chi connectivity index (χ0v) is 16.5. The van der Waals surface area contributed by atoms with Crippen LogP contribution in [0.1, 0.15) is 28.4 Å². The van der Waals surface area contributed by atoms with E-state index in [0.717, 1.165) is 16.8 Å². The van der Waals surface area contributed by atoms with Gasteiger partial charge in [-0.25, -0.2) is 8.42 Å². The zero-order valence-electron chi connectivity index (χ0n) is 15.7. The summed E-state index contributed by atoms with van der Waals surface area (Å²) >= 11 is 0. The summed E-state index contributed by atoms with van der Waals surface area (Å²) in [5, 5.41) is 2.85. The van der Waals surface area contributed by atoms with Crippen molar-refractivity contribution in [1.82, 2.24) is 4.31 Å². The fraction of sp³-hybridized carbons (Fsp3) is 0.350. The van der Waals surface area contributed by atoms with E-state index in [4.69, 9.17) is 4.74 Å². The number of ether oxygens (including phenoxy) is 1. The second-order valence-electron chi connectivity index (χ2n) is 6.90. The Kier molecular flexibility index (Phi) is 5.64. The molecule has 0 spiro atoms. The Bertz CT molecular complexity index is 919. The van der Waals surface area contributed by atoms with Gasteiger partial charge in [0.25, 0.3) is 5.91 Å². The van der Waals surface area contributed by atoms with Crippen LogP contribution in [0, 0.1) is 13.8 Å². The van der Waals surface area contributed by atoms with E-state index in [-0.39, 0.29) is 16.9 Å². The van der Waals surface area contributed by atoms with Crippen molar-refractivity contribution >= 4 is 21.6 Å². The van der Waals surface area contributed by atoms with E-state index >= 15 is 0 Å². The van der Waals surface area contributed by atoms with Crippen LogP contribution in [0.3, 0.4) is 0 Å². The van der Waals surface area contributed by atoms with E-state index < -0.39 is 10.0 Å². The molecule has 2 aromatic rings. The molecule has 0 aromatic heterocycles. The van der Waals surface area contributed by atoms with Crippen LogP contribution in [-0.2, 0) is 14.8 Å². The SMILES string of the molecule is Cc1cc(C)cc(NC(=O)c2ccc(S(=O)(=O)N3CCOC(C)C3)cc2)c1. The van der Waals surface area contributed by atoms with Crippen molar-refractivity contribution in [3.8, 4) is 0 Å². The number of anilines is 1. The first-order valence-corrected chi connectivity index (χ1v) is 10.3. The molecule has 1 N–H and O–H groups in total. The summed E-state index contributed by atoms with van der Waals surface area (Å²) in [5.41, 5.74) is 3.25. The normalized spacial score (nSPS) is 18.3. The molecule has 27 heavy (non-hydrogen) atoms. The molecule has 6 nitrogen and oxygen atoms in total. The number of rotatable bonds is 4. The Morgan fingerprint density at radius 2 is 1.74 bits per heavy atom. The quantitative estimate of drug-likeness (QED) is 0.874. The molecule has 144 valence electrons. The van der Waals surface area contributed by atoms with Gasteiger partial charge in [0.15, 0.2) is 0 Å². The minimum Gasteiger partial charge on any atom is -0.376 e. The van der Waals surface area contributed by atoms with Gasteiger partial charge in [0.05, 0.1) is 17.6 Å². The maximum atomic E-state index is 12.7. The van der Waals surface area contributed by atoms with Gasteiger partial charge < -0.3 is 10.1 Å². The number of benzene rings is 2. The average molecular weight is 388 g/mol. The maximum absolute atomic E-state index is 12.7. The molecule has 0 aliphatic carbocycles. The van der Waals surface area contributed by atoms with Crippen molar-refractivity contribution in [3.05, 3.63) is 59.2 Å². The lowest BCUT2D eigenvalue weighted by Gasteiger charge is -2.30. The number of hydrogen-bond donors (Lipinski definition) is 1. The molecule has 1 atom stereocenters. The number of carbonyl (C=O) groups excluding carboxylic acids is 1. The molecule has 3 rings (SSSR count). The van der Waals surface area contributed by atoms with Crippen molar-refractivity contribution in [2.45, 2.75) is 31.8 Å². The predicted molar refractivity (Wildman–Crippen MR) is 104 cm³/mol. The molecule has 0 bridgehead atoms. The van der Waals surface area contributed by atoms with Crippen molar-refractivity contribution in [1.29, 1.82) is 0 Å². The molecule has 1 saturated heterocycles. The fourth-order valence-electron chi connectivity index (χ4n) is 3.18. The second kappa shape index (κ2) is 7.80. The smallest absolute Gasteiger partial charge is 0.255 e. The number of carbonyl (C=O) groups is 1. The van der Waals surface area contributed by atoms with E-state index in [9.17, 15) is 13.2 Å². The molecule has 0 saturated carbocycles. The van der Waals surface area contributed by atoms with Gasteiger partial charge in [-0.2, -0.15) is 4.31 Å². The van der Waals surface area contributed by atoms with Crippen molar-refractivity contribution in [2.75, 3.05) is 25.0 Å². The van der Waals surface area contributed by atoms with Gasteiger partial charge in [-0.1, -0.05) is 6.07 Å². The highest BCUT2D eigenvalue weighted by Crippen LogP contribution is 2.20. The Morgan fingerprint density at radius 3 is 2.33 bits per heavy atom. The third-order valence-electron chi connectivity index (χ3n) is 4.44. The summed E-state index contributed by atoms with van der Waals surface area (Å²) < 4.78 is 32.3. The lowest BCUT2D eigenvalue weighted by Crippen LogP contribution is -2.44. The zero-order chi connectivity index (χ0) is 19.6. The Labute approximate surface area is 160 Å². The highest BCUT2D eigenvalue weighted by Gasteiger charge is 2.29. The summed E-state index contributed by atoms with van der Waals surface area (Å²) in [6.07, 6.45) is -0.128. The molecular formula is C20H24N2O4S. The van der Waals surface area contributed by atoms with Gasteiger partial charge in [0.2, 0.25) is 10.0 Å². The second-order valence-corrected chi connectivity index (χ2v) is 8.84. The van der Waals surface area contributed by atoms with Crippen molar-refractivity contribution < 1.29 is 17.9 Å². The lowest BCUT2D eigenvalue weighted by molar-refractivity contribution is 0.0102. The first-order chi connectivity index (χ1) is 12.8. The van der Waals surface area contributed by atoms with Gasteiger partial charge >= 0.3 is 0 Å². The summed E-state index contributed by atoms with van der Waals surface area (Å²) in [7, 11) is -3.59. The number of nitrogens with zero attached hydrogens (tertiary/aromatic N) is 1. The van der Waals surface area contributed by atoms with Gasteiger partial charge in [0, 0.05) is 24.3 Å². The van der Waals surface area contributed by atoms with Crippen LogP contribution in [0.15, 0.2) is 47.4 Å². The van der Waals surface area contributed by atoms with Crippen LogP contribution in [0.2, 0.25) is 0 Å². The van der Waals surface area contributed by atoms with Crippen LogP contribution in [-0.4, -0.2) is 44.4 Å². The van der Waals surface area contributed by atoms with Crippen molar-refractivity contribution in [2.24, 2.45) is 0 Å². The number of aryl methyl sites for hydroxylation is 2. The largest absolute Gasteiger partial charge is 0.376 e. The summed E-state index contributed by atoms with van der Waals surface area (Å²) in [6.45, 7) is 6.83. The van der Waals surface area contributed by atoms with E-state index in [0.29, 0.717) is 25.3 Å². The molecule has 1 fully saturated rings. The fourth-order valence-corrected chi connectivity index (χ4v) is 4.68. The molecule has 1 heterocycles. The van der Waals surface area contributed by atoms with Crippen LogP contribution in [0.4, 0.5) is 5.69 Å². The predicted octanol–water partition coefficient (Wildman–Crippen LogP) is 2.97. The Morgan fingerprint density at radius 1 is 1.11 bits per heavy atom. The number of nitrogens with one attached hydrogen (secondary N) is 1. The number of morpholine rings is 1. The molecule has 7 heteroatoms. The molecule has 1 amide bonds. The van der Waals surface area contributed by atoms with Crippen LogP contribution in [0.5, 0.6) is 0 Å². The van der Waals surface area contributed by atoms with Crippen LogP contribution in [0.25, 0.3) is 0 Å². The van der Waals surface area contributed by atoms with Gasteiger partial charge in [-0.3, -0.25) is 4.79 Å². The molecule has 1 aliphatic heterocycles. The third-order valence-corrected chi connectivity index (χ3v) is 6.32. The number of hydrogen-bond acceptors (Lipinski definition) is 4. The Hall–Kier alpha value is -2.22. The number of sulfonamides is 1. The van der Waals surface area contributed by atoms with E-state index in [1.54, 1.807) is 0 Å².